The molecule has 2 fully saturated rings. The minimum atomic E-state index is 0.649. The van der Waals surface area contributed by atoms with E-state index in [1.54, 1.807) is 6.33 Å². The van der Waals surface area contributed by atoms with E-state index in [1.807, 2.05) is 0 Å². The molecule has 1 aromatic heterocycles. The molecule has 2 saturated heterocycles. The summed E-state index contributed by atoms with van der Waals surface area (Å²) in [7, 11) is 2.27. The Morgan fingerprint density at radius 2 is 2.10 bits per heavy atom. The molecule has 6 nitrogen and oxygen atoms in total. The first-order valence-corrected chi connectivity index (χ1v) is 8.02. The van der Waals surface area contributed by atoms with Gasteiger partial charge in [0.2, 0.25) is 0 Å². The highest BCUT2D eigenvalue weighted by Gasteiger charge is 2.35. The topological polar surface area (TPSA) is 70.3 Å². The van der Waals surface area contributed by atoms with Crippen molar-refractivity contribution in [3.8, 4) is 0 Å². The standard InChI is InChI=1S/C15H26N6/c1-3-4-13-14(19-16)17-10-18-15(13)21-8-7-11-5-6-12(9-21)20(11)2/h10-12H,3-9,16H2,1-2H3,(H,17,18,19). The number of nitrogen functional groups attached to an aromatic ring is 1. The van der Waals surface area contributed by atoms with Crippen LogP contribution in [0.1, 0.15) is 38.2 Å². The summed E-state index contributed by atoms with van der Waals surface area (Å²) in [6, 6.07) is 1.39. The molecule has 116 valence electrons. The number of hydrazine groups is 1. The highest BCUT2D eigenvalue weighted by Crippen LogP contribution is 2.32. The summed E-state index contributed by atoms with van der Waals surface area (Å²) in [6.45, 7) is 4.31. The lowest BCUT2D eigenvalue weighted by atomic mass is 10.1. The van der Waals surface area contributed by atoms with E-state index in [1.165, 1.54) is 19.3 Å². The molecule has 2 aliphatic rings. The van der Waals surface area contributed by atoms with Gasteiger partial charge in [-0.2, -0.15) is 0 Å². The largest absolute Gasteiger partial charge is 0.355 e. The molecule has 6 heteroatoms. The van der Waals surface area contributed by atoms with Crippen molar-refractivity contribution in [1.82, 2.24) is 14.9 Å². The summed E-state index contributed by atoms with van der Waals surface area (Å²) in [4.78, 5) is 13.9. The normalized spacial score (nSPS) is 26.0. The number of nitrogens with two attached hydrogens (primary N) is 1. The highest BCUT2D eigenvalue weighted by atomic mass is 15.3. The van der Waals surface area contributed by atoms with Crippen molar-refractivity contribution in [2.45, 2.75) is 51.1 Å². The third-order valence-electron chi connectivity index (χ3n) is 5.01. The molecule has 2 atom stereocenters. The van der Waals surface area contributed by atoms with Crippen LogP contribution < -0.4 is 16.2 Å². The van der Waals surface area contributed by atoms with Crippen molar-refractivity contribution in [2.24, 2.45) is 5.84 Å². The number of likely N-dealkylation sites (N-methyl/N-ethyl adjacent to an activating group) is 1. The van der Waals surface area contributed by atoms with Gasteiger partial charge in [-0.15, -0.1) is 0 Å². The number of rotatable bonds is 4. The summed E-state index contributed by atoms with van der Waals surface area (Å²) >= 11 is 0. The maximum absolute atomic E-state index is 5.63. The third kappa shape index (κ3) is 2.70. The molecule has 0 aliphatic carbocycles. The molecule has 21 heavy (non-hydrogen) atoms. The molecule has 0 radical (unpaired) electrons. The minimum Gasteiger partial charge on any atom is -0.355 e. The van der Waals surface area contributed by atoms with Crippen molar-refractivity contribution >= 4 is 11.6 Å². The van der Waals surface area contributed by atoms with Crippen molar-refractivity contribution in [1.29, 1.82) is 0 Å². The van der Waals surface area contributed by atoms with Crippen LogP contribution in [-0.2, 0) is 6.42 Å². The van der Waals surface area contributed by atoms with Gasteiger partial charge in [-0.25, -0.2) is 15.8 Å². The van der Waals surface area contributed by atoms with Crippen LogP contribution in [0.2, 0.25) is 0 Å². The Hall–Kier alpha value is -1.40. The fourth-order valence-electron chi connectivity index (χ4n) is 3.78. The van der Waals surface area contributed by atoms with E-state index >= 15 is 0 Å². The second kappa shape index (κ2) is 6.15. The smallest absolute Gasteiger partial charge is 0.148 e. The van der Waals surface area contributed by atoms with Crippen LogP contribution in [0.5, 0.6) is 0 Å². The summed E-state index contributed by atoms with van der Waals surface area (Å²) < 4.78 is 0. The third-order valence-corrected chi connectivity index (χ3v) is 5.01. The van der Waals surface area contributed by atoms with Crippen LogP contribution in [0.25, 0.3) is 0 Å². The van der Waals surface area contributed by atoms with Crippen molar-refractivity contribution < 1.29 is 0 Å². The van der Waals surface area contributed by atoms with Crippen LogP contribution in [-0.4, -0.2) is 47.1 Å². The quantitative estimate of drug-likeness (QED) is 0.645. The summed E-state index contributed by atoms with van der Waals surface area (Å²) in [5.41, 5.74) is 3.89. The highest BCUT2D eigenvalue weighted by molar-refractivity contribution is 5.58. The van der Waals surface area contributed by atoms with Gasteiger partial charge in [0, 0.05) is 30.7 Å². The van der Waals surface area contributed by atoms with Gasteiger partial charge in [0.05, 0.1) is 0 Å². The molecule has 0 aromatic carbocycles. The zero-order chi connectivity index (χ0) is 14.8. The molecule has 0 amide bonds. The summed E-state index contributed by atoms with van der Waals surface area (Å²) in [5.74, 6) is 7.46. The van der Waals surface area contributed by atoms with Gasteiger partial charge in [-0.3, -0.25) is 4.90 Å². The van der Waals surface area contributed by atoms with Gasteiger partial charge in [0.25, 0.3) is 0 Å². The van der Waals surface area contributed by atoms with Crippen LogP contribution >= 0.6 is 0 Å². The van der Waals surface area contributed by atoms with Gasteiger partial charge in [0.1, 0.15) is 18.0 Å². The Kier molecular flexibility index (Phi) is 4.26. The molecule has 3 heterocycles. The van der Waals surface area contributed by atoms with Gasteiger partial charge in [-0.1, -0.05) is 13.3 Å². The van der Waals surface area contributed by atoms with Crippen LogP contribution in [0.15, 0.2) is 6.33 Å². The number of hydrogen-bond donors (Lipinski definition) is 2. The van der Waals surface area contributed by atoms with Crippen LogP contribution in [0, 0.1) is 0 Å². The SMILES string of the molecule is CCCc1c(NN)ncnc1N1CCC2CCC(C1)N2C. The van der Waals surface area contributed by atoms with E-state index in [4.69, 9.17) is 5.84 Å². The molecule has 2 aliphatic heterocycles. The molecule has 2 bridgehead atoms. The second-order valence-electron chi connectivity index (χ2n) is 6.20. The van der Waals surface area contributed by atoms with E-state index in [0.717, 1.165) is 49.2 Å². The number of nitrogens with zero attached hydrogens (tertiary/aromatic N) is 4. The minimum absolute atomic E-state index is 0.649. The maximum Gasteiger partial charge on any atom is 0.148 e. The number of aromatic nitrogens is 2. The average Bonchev–Trinajstić information content (AvgIpc) is 2.73. The monoisotopic (exact) mass is 290 g/mol. The molecule has 2 unspecified atom stereocenters. The first-order chi connectivity index (χ1) is 10.2. The molecular formula is C15H26N6. The Morgan fingerprint density at radius 1 is 1.29 bits per heavy atom. The Balaban J connectivity index is 1.89. The van der Waals surface area contributed by atoms with E-state index < -0.39 is 0 Å². The predicted octanol–water partition coefficient (Wildman–Crippen LogP) is 1.39. The van der Waals surface area contributed by atoms with Gasteiger partial charge >= 0.3 is 0 Å². The van der Waals surface area contributed by atoms with E-state index in [0.29, 0.717) is 6.04 Å². The zero-order valence-corrected chi connectivity index (χ0v) is 13.0. The lowest BCUT2D eigenvalue weighted by Crippen LogP contribution is -2.37. The Bertz CT molecular complexity index is 491. The predicted molar refractivity (Wildman–Crippen MR) is 85.2 cm³/mol. The lowest BCUT2D eigenvalue weighted by molar-refractivity contribution is 0.254. The van der Waals surface area contributed by atoms with Crippen molar-refractivity contribution in [3.05, 3.63) is 11.9 Å². The van der Waals surface area contributed by atoms with Crippen molar-refractivity contribution in [3.63, 3.8) is 0 Å². The van der Waals surface area contributed by atoms with Gasteiger partial charge < -0.3 is 10.3 Å². The fraction of sp³-hybridized carbons (Fsp3) is 0.733. The number of hydrogen-bond acceptors (Lipinski definition) is 6. The second-order valence-corrected chi connectivity index (χ2v) is 6.20. The molecular weight excluding hydrogens is 264 g/mol. The maximum atomic E-state index is 5.63. The number of anilines is 2. The zero-order valence-electron chi connectivity index (χ0n) is 13.0. The molecule has 3 N–H and O–H groups in total. The molecule has 3 rings (SSSR count). The van der Waals surface area contributed by atoms with E-state index in [9.17, 15) is 0 Å². The molecule has 0 saturated carbocycles. The van der Waals surface area contributed by atoms with Crippen LogP contribution in [0.4, 0.5) is 11.6 Å². The van der Waals surface area contributed by atoms with Gasteiger partial charge in [0.15, 0.2) is 0 Å². The van der Waals surface area contributed by atoms with Gasteiger partial charge in [-0.05, 0) is 32.7 Å². The lowest BCUT2D eigenvalue weighted by Gasteiger charge is -2.28. The Morgan fingerprint density at radius 3 is 2.86 bits per heavy atom. The van der Waals surface area contributed by atoms with Crippen molar-refractivity contribution in [2.75, 3.05) is 30.5 Å². The molecule has 0 spiro atoms. The number of fused-ring (bicyclic) bond motifs is 2. The van der Waals surface area contributed by atoms with Crippen LogP contribution in [0.3, 0.4) is 0 Å². The van der Waals surface area contributed by atoms with E-state index in [2.05, 4.69) is 39.2 Å². The van der Waals surface area contributed by atoms with E-state index in [-0.39, 0.29) is 0 Å². The summed E-state index contributed by atoms with van der Waals surface area (Å²) in [6.07, 6.45) is 7.50. The average molecular weight is 290 g/mol. The Labute approximate surface area is 126 Å². The fourth-order valence-corrected chi connectivity index (χ4v) is 3.78. The molecule has 1 aromatic rings. The first-order valence-electron chi connectivity index (χ1n) is 8.02. The first kappa shape index (κ1) is 14.5. The summed E-state index contributed by atoms with van der Waals surface area (Å²) in [5, 5.41) is 0. The number of nitrogens with one attached hydrogen (secondary N) is 1.